The van der Waals surface area contributed by atoms with E-state index in [9.17, 15) is 10.1 Å². The van der Waals surface area contributed by atoms with E-state index in [-0.39, 0.29) is 5.69 Å². The highest BCUT2D eigenvalue weighted by molar-refractivity contribution is 7.14. The maximum Gasteiger partial charge on any atom is 0.269 e. The van der Waals surface area contributed by atoms with Crippen molar-refractivity contribution in [2.24, 2.45) is 5.10 Å². The lowest BCUT2D eigenvalue weighted by Gasteiger charge is -1.96. The second-order valence-electron chi connectivity index (χ2n) is 3.11. The Labute approximate surface area is 101 Å². The first-order chi connectivity index (χ1) is 8.20. The van der Waals surface area contributed by atoms with Crippen molar-refractivity contribution < 1.29 is 4.92 Å². The van der Waals surface area contributed by atoms with E-state index in [0.29, 0.717) is 5.13 Å². The van der Waals surface area contributed by atoms with Crippen molar-refractivity contribution in [1.29, 1.82) is 0 Å². The third-order valence-corrected chi connectivity index (χ3v) is 2.80. The molecule has 1 aromatic carbocycles. The molecule has 1 aromatic heterocycles. The second-order valence-corrected chi connectivity index (χ2v) is 3.97. The highest BCUT2D eigenvalue weighted by atomic mass is 32.1. The molecular formula is C10H8N4O2S. The molecule has 0 bridgehead atoms. The lowest BCUT2D eigenvalue weighted by Crippen LogP contribution is -1.88. The van der Waals surface area contributed by atoms with Crippen LogP contribution in [-0.2, 0) is 0 Å². The van der Waals surface area contributed by atoms with Crippen molar-refractivity contribution in [1.82, 2.24) is 4.98 Å². The number of thiazole rings is 1. The van der Waals surface area contributed by atoms with Crippen LogP contribution >= 0.6 is 11.3 Å². The fraction of sp³-hybridized carbons (Fsp3) is 0. The largest absolute Gasteiger partial charge is 0.269 e. The van der Waals surface area contributed by atoms with Gasteiger partial charge in [0, 0.05) is 29.8 Å². The van der Waals surface area contributed by atoms with E-state index in [4.69, 9.17) is 0 Å². The topological polar surface area (TPSA) is 80.4 Å². The lowest BCUT2D eigenvalue weighted by atomic mass is 10.1. The van der Waals surface area contributed by atoms with E-state index in [2.05, 4.69) is 22.2 Å². The lowest BCUT2D eigenvalue weighted by molar-refractivity contribution is -0.384. The van der Waals surface area contributed by atoms with Crippen LogP contribution in [0.1, 0.15) is 0 Å². The Morgan fingerprint density at radius 1 is 1.41 bits per heavy atom. The molecule has 0 aliphatic carbocycles. The number of hydrogen-bond acceptors (Lipinski definition) is 6. The first-order valence-electron chi connectivity index (χ1n) is 4.63. The van der Waals surface area contributed by atoms with Gasteiger partial charge in [0.1, 0.15) is 0 Å². The maximum absolute atomic E-state index is 10.5. The molecule has 6 nitrogen and oxygen atoms in total. The zero-order valence-electron chi connectivity index (χ0n) is 8.66. The standard InChI is InChI=1S/C10H8N4O2S/c1-11-13-10-12-9(6-17-10)7-2-4-8(5-3-7)14(15)16/h2-6H,1H2,(H,12,13). The normalized spacial score (nSPS) is 9.88. The van der Waals surface area contributed by atoms with Gasteiger partial charge >= 0.3 is 0 Å². The van der Waals surface area contributed by atoms with Crippen LogP contribution in [0.15, 0.2) is 34.7 Å². The fourth-order valence-electron chi connectivity index (χ4n) is 1.28. The number of hydrazone groups is 1. The highest BCUT2D eigenvalue weighted by Crippen LogP contribution is 2.26. The van der Waals surface area contributed by atoms with Crippen LogP contribution in [-0.4, -0.2) is 16.6 Å². The summed E-state index contributed by atoms with van der Waals surface area (Å²) in [4.78, 5) is 14.3. The Balaban J connectivity index is 2.26. The molecule has 0 saturated carbocycles. The molecule has 0 atom stereocenters. The van der Waals surface area contributed by atoms with Crippen LogP contribution < -0.4 is 5.43 Å². The predicted molar refractivity (Wildman–Crippen MR) is 67.4 cm³/mol. The van der Waals surface area contributed by atoms with Crippen LogP contribution in [0.2, 0.25) is 0 Å². The third-order valence-electron chi connectivity index (χ3n) is 2.05. The number of nitrogens with zero attached hydrogens (tertiary/aromatic N) is 3. The summed E-state index contributed by atoms with van der Waals surface area (Å²) in [5, 5.41) is 16.5. The monoisotopic (exact) mass is 248 g/mol. The maximum atomic E-state index is 10.5. The number of hydrogen-bond donors (Lipinski definition) is 1. The van der Waals surface area contributed by atoms with Crippen LogP contribution in [0.3, 0.4) is 0 Å². The minimum Gasteiger partial charge on any atom is -0.258 e. The van der Waals surface area contributed by atoms with Crippen LogP contribution in [0.25, 0.3) is 11.3 Å². The van der Waals surface area contributed by atoms with Crippen LogP contribution in [0.5, 0.6) is 0 Å². The van der Waals surface area contributed by atoms with Gasteiger partial charge in [-0.1, -0.05) is 0 Å². The molecule has 86 valence electrons. The SMILES string of the molecule is C=NNc1nc(-c2ccc([N+](=O)[O-])cc2)cs1. The molecule has 1 heterocycles. The van der Waals surface area contributed by atoms with Gasteiger partial charge in [-0.2, -0.15) is 5.10 Å². The number of nitro benzene ring substituents is 1. The first kappa shape index (κ1) is 11.2. The summed E-state index contributed by atoms with van der Waals surface area (Å²) in [6, 6.07) is 6.23. The van der Waals surface area contributed by atoms with E-state index < -0.39 is 4.92 Å². The smallest absolute Gasteiger partial charge is 0.258 e. The third kappa shape index (κ3) is 2.45. The van der Waals surface area contributed by atoms with Crippen molar-refractivity contribution >= 4 is 28.9 Å². The van der Waals surface area contributed by atoms with Gasteiger partial charge in [-0.05, 0) is 12.1 Å². The molecule has 7 heteroatoms. The van der Waals surface area contributed by atoms with Crippen molar-refractivity contribution in [3.63, 3.8) is 0 Å². The van der Waals surface area contributed by atoms with Gasteiger partial charge in [0.05, 0.1) is 10.6 Å². The van der Waals surface area contributed by atoms with E-state index in [1.807, 2.05) is 5.38 Å². The number of non-ortho nitro benzene ring substituents is 1. The number of anilines is 1. The number of aromatic nitrogens is 1. The number of benzene rings is 1. The molecule has 0 saturated heterocycles. The average molecular weight is 248 g/mol. The molecule has 0 amide bonds. The highest BCUT2D eigenvalue weighted by Gasteiger charge is 2.07. The Bertz CT molecular complexity index is 550. The van der Waals surface area contributed by atoms with E-state index in [0.717, 1.165) is 11.3 Å². The Morgan fingerprint density at radius 3 is 2.71 bits per heavy atom. The van der Waals surface area contributed by atoms with Crippen LogP contribution in [0.4, 0.5) is 10.8 Å². The first-order valence-corrected chi connectivity index (χ1v) is 5.51. The summed E-state index contributed by atoms with van der Waals surface area (Å²) in [5.41, 5.74) is 4.27. The number of rotatable bonds is 4. The molecule has 1 N–H and O–H groups in total. The quantitative estimate of drug-likeness (QED) is 0.512. The Morgan fingerprint density at radius 2 is 2.12 bits per heavy atom. The summed E-state index contributed by atoms with van der Waals surface area (Å²) in [6.45, 7) is 3.30. The van der Waals surface area contributed by atoms with Crippen molar-refractivity contribution in [2.75, 3.05) is 5.43 Å². The second kappa shape index (κ2) is 4.71. The van der Waals surface area contributed by atoms with Gasteiger partial charge < -0.3 is 0 Å². The van der Waals surface area contributed by atoms with Gasteiger partial charge in [0.25, 0.3) is 5.69 Å². The van der Waals surface area contributed by atoms with E-state index in [1.165, 1.54) is 23.5 Å². The molecule has 2 aromatic rings. The van der Waals surface area contributed by atoms with E-state index in [1.54, 1.807) is 12.1 Å². The molecule has 0 radical (unpaired) electrons. The number of nitrogens with one attached hydrogen (secondary N) is 1. The van der Waals surface area contributed by atoms with Gasteiger partial charge in [-0.3, -0.25) is 15.5 Å². The minimum absolute atomic E-state index is 0.0649. The van der Waals surface area contributed by atoms with Gasteiger partial charge in [-0.15, -0.1) is 11.3 Å². The number of nitro groups is 1. The van der Waals surface area contributed by atoms with Crippen molar-refractivity contribution in [2.45, 2.75) is 0 Å². The molecule has 2 rings (SSSR count). The zero-order valence-corrected chi connectivity index (χ0v) is 9.48. The molecule has 17 heavy (non-hydrogen) atoms. The summed E-state index contributed by atoms with van der Waals surface area (Å²) in [5.74, 6) is 0. The molecule has 0 spiro atoms. The summed E-state index contributed by atoms with van der Waals surface area (Å²) >= 11 is 1.39. The Hall–Kier alpha value is -2.28. The zero-order chi connectivity index (χ0) is 12.3. The fourth-order valence-corrected chi connectivity index (χ4v) is 1.96. The van der Waals surface area contributed by atoms with Gasteiger partial charge in [0.2, 0.25) is 5.13 Å². The molecule has 0 fully saturated rings. The summed E-state index contributed by atoms with van der Waals surface area (Å²) in [6.07, 6.45) is 0. The molecule has 0 unspecified atom stereocenters. The minimum atomic E-state index is -0.431. The molecular weight excluding hydrogens is 240 g/mol. The van der Waals surface area contributed by atoms with Gasteiger partial charge in [0.15, 0.2) is 0 Å². The van der Waals surface area contributed by atoms with Crippen molar-refractivity contribution in [3.8, 4) is 11.3 Å². The van der Waals surface area contributed by atoms with Crippen molar-refractivity contribution in [3.05, 3.63) is 39.8 Å². The predicted octanol–water partition coefficient (Wildman–Crippen LogP) is 2.75. The average Bonchev–Trinajstić information content (AvgIpc) is 2.78. The Kier molecular flexibility index (Phi) is 3.10. The summed E-state index contributed by atoms with van der Waals surface area (Å²) < 4.78 is 0. The molecule has 0 aliphatic rings. The van der Waals surface area contributed by atoms with Gasteiger partial charge in [-0.25, -0.2) is 4.98 Å². The van der Waals surface area contributed by atoms with E-state index >= 15 is 0 Å². The summed E-state index contributed by atoms with van der Waals surface area (Å²) in [7, 11) is 0. The molecule has 0 aliphatic heterocycles. The van der Waals surface area contributed by atoms with Crippen LogP contribution in [0, 0.1) is 10.1 Å².